The van der Waals surface area contributed by atoms with E-state index in [1.165, 1.54) is 6.42 Å². The summed E-state index contributed by atoms with van der Waals surface area (Å²) in [6, 6.07) is 0. The summed E-state index contributed by atoms with van der Waals surface area (Å²) >= 11 is 0. The van der Waals surface area contributed by atoms with Crippen LogP contribution in [0.2, 0.25) is 0 Å². The molecule has 0 rings (SSSR count). The highest BCUT2D eigenvalue weighted by atomic mass is 35.5. The lowest BCUT2D eigenvalue weighted by atomic mass is 10.0. The van der Waals surface area contributed by atoms with E-state index in [0.717, 1.165) is 11.8 Å². The van der Waals surface area contributed by atoms with Crippen LogP contribution in [-0.2, 0) is 0 Å². The first-order valence-corrected chi connectivity index (χ1v) is 3.13. The molecule has 0 heterocycles. The molecule has 0 saturated carbocycles. The Kier molecular flexibility index (Phi) is 15.5. The molecule has 0 bridgehead atoms. The molecular weight excluding hydrogens is 155 g/mol. The van der Waals surface area contributed by atoms with E-state index in [0.29, 0.717) is 0 Å². The molecule has 9 heavy (non-hydrogen) atoms. The lowest BCUT2D eigenvalue weighted by molar-refractivity contribution is 0.469. The van der Waals surface area contributed by atoms with Gasteiger partial charge in [-0.3, -0.25) is 0 Å². The topological polar surface area (TPSA) is 0 Å². The molecule has 0 atom stereocenters. The molecule has 0 aromatic rings. The van der Waals surface area contributed by atoms with Crippen LogP contribution in [0.25, 0.3) is 0 Å². The number of halogens is 2. The third kappa shape index (κ3) is 17.7. The summed E-state index contributed by atoms with van der Waals surface area (Å²) in [7, 11) is 0. The number of hydrogen-bond donors (Lipinski definition) is 0. The summed E-state index contributed by atoms with van der Waals surface area (Å²) < 4.78 is 0. The first-order valence-electron chi connectivity index (χ1n) is 3.13. The Morgan fingerprint density at radius 3 is 1.00 bits per heavy atom. The van der Waals surface area contributed by atoms with Gasteiger partial charge in [0.15, 0.2) is 0 Å². The molecule has 0 aromatic carbocycles. The van der Waals surface area contributed by atoms with Crippen molar-refractivity contribution in [3.05, 3.63) is 0 Å². The van der Waals surface area contributed by atoms with Crippen molar-refractivity contribution >= 4 is 24.8 Å². The van der Waals surface area contributed by atoms with Gasteiger partial charge in [-0.1, -0.05) is 27.7 Å². The van der Waals surface area contributed by atoms with Crippen molar-refractivity contribution in [2.24, 2.45) is 11.8 Å². The Hall–Kier alpha value is 0.580. The molecule has 0 nitrogen and oxygen atoms in total. The second-order valence-corrected chi connectivity index (χ2v) is 3.02. The molecule has 0 amide bonds. The predicted octanol–water partition coefficient (Wildman–Crippen LogP) is 3.53. The molecule has 2 heteroatoms. The van der Waals surface area contributed by atoms with Crippen LogP contribution in [0.5, 0.6) is 0 Å². The zero-order chi connectivity index (χ0) is 5.86. The summed E-state index contributed by atoms with van der Waals surface area (Å²) in [4.78, 5) is 0. The summed E-state index contributed by atoms with van der Waals surface area (Å²) in [6.45, 7) is 9.06. The van der Waals surface area contributed by atoms with Crippen LogP contribution in [0, 0.1) is 11.8 Å². The average molecular weight is 173 g/mol. The molecule has 0 saturated heterocycles. The van der Waals surface area contributed by atoms with Crippen molar-refractivity contribution in [1.82, 2.24) is 0 Å². The second-order valence-electron chi connectivity index (χ2n) is 3.02. The average Bonchev–Trinajstić information content (AvgIpc) is 1.27. The van der Waals surface area contributed by atoms with Crippen molar-refractivity contribution < 1.29 is 0 Å². The maximum Gasteiger partial charge on any atom is -0.0469 e. The normalized spacial score (nSPS) is 8.67. The van der Waals surface area contributed by atoms with E-state index in [-0.39, 0.29) is 24.8 Å². The molecule has 0 N–H and O–H groups in total. The summed E-state index contributed by atoms with van der Waals surface area (Å²) in [5, 5.41) is 0. The van der Waals surface area contributed by atoms with Crippen LogP contribution < -0.4 is 0 Å². The minimum atomic E-state index is 0. The van der Waals surface area contributed by atoms with Gasteiger partial charge in [-0.15, -0.1) is 24.8 Å². The van der Waals surface area contributed by atoms with Crippen LogP contribution in [0.3, 0.4) is 0 Å². The molecule has 0 aliphatic heterocycles. The van der Waals surface area contributed by atoms with Crippen LogP contribution in [0.1, 0.15) is 34.1 Å². The molecule has 0 radical (unpaired) electrons. The van der Waals surface area contributed by atoms with E-state index in [4.69, 9.17) is 0 Å². The first kappa shape index (κ1) is 16.3. The van der Waals surface area contributed by atoms with Gasteiger partial charge in [-0.2, -0.15) is 0 Å². The van der Waals surface area contributed by atoms with Crippen LogP contribution in [0.15, 0.2) is 0 Å². The van der Waals surface area contributed by atoms with E-state index >= 15 is 0 Å². The smallest absolute Gasteiger partial charge is 0.0469 e. The van der Waals surface area contributed by atoms with Gasteiger partial charge in [0.05, 0.1) is 0 Å². The van der Waals surface area contributed by atoms with Crippen molar-refractivity contribution in [1.29, 1.82) is 0 Å². The van der Waals surface area contributed by atoms with E-state index in [1.54, 1.807) is 0 Å². The van der Waals surface area contributed by atoms with Crippen molar-refractivity contribution in [3.8, 4) is 0 Å². The second kappa shape index (κ2) is 8.58. The van der Waals surface area contributed by atoms with E-state index in [1.807, 2.05) is 0 Å². The fourth-order valence-electron chi connectivity index (χ4n) is 0.943. The maximum absolute atomic E-state index is 2.26. The highest BCUT2D eigenvalue weighted by molar-refractivity contribution is 5.85. The Morgan fingerprint density at radius 1 is 0.778 bits per heavy atom. The van der Waals surface area contributed by atoms with Gasteiger partial charge < -0.3 is 0 Å². The Morgan fingerprint density at radius 2 is 1.00 bits per heavy atom. The minimum absolute atomic E-state index is 0. The SMILES string of the molecule is CC(C)CC(C)C.Cl.Cl. The van der Waals surface area contributed by atoms with Gasteiger partial charge in [0.25, 0.3) is 0 Å². The molecule has 0 aliphatic carbocycles. The van der Waals surface area contributed by atoms with Crippen molar-refractivity contribution in [3.63, 3.8) is 0 Å². The monoisotopic (exact) mass is 172 g/mol. The molecule has 60 valence electrons. The summed E-state index contributed by atoms with van der Waals surface area (Å²) in [6.07, 6.45) is 1.36. The fourth-order valence-corrected chi connectivity index (χ4v) is 0.943. The van der Waals surface area contributed by atoms with E-state index in [2.05, 4.69) is 27.7 Å². The number of rotatable bonds is 2. The van der Waals surface area contributed by atoms with Gasteiger partial charge in [-0.05, 0) is 18.3 Å². The lowest BCUT2D eigenvalue weighted by Gasteiger charge is -2.05. The quantitative estimate of drug-likeness (QED) is 0.599. The number of hydrogen-bond acceptors (Lipinski definition) is 0. The Balaban J connectivity index is -0.000000180. The van der Waals surface area contributed by atoms with Gasteiger partial charge in [-0.25, -0.2) is 0 Å². The van der Waals surface area contributed by atoms with Crippen molar-refractivity contribution in [2.45, 2.75) is 34.1 Å². The molecular formula is C7H18Cl2. The zero-order valence-corrected chi connectivity index (χ0v) is 8.31. The standard InChI is InChI=1S/C7H16.2ClH/c1-6(2)5-7(3)4;;/h6-7H,5H2,1-4H3;2*1H. The maximum atomic E-state index is 2.26. The largest absolute Gasteiger partial charge is 0.147 e. The molecule has 0 unspecified atom stereocenters. The van der Waals surface area contributed by atoms with Gasteiger partial charge in [0.2, 0.25) is 0 Å². The van der Waals surface area contributed by atoms with Crippen LogP contribution in [0.4, 0.5) is 0 Å². The van der Waals surface area contributed by atoms with Gasteiger partial charge >= 0.3 is 0 Å². The summed E-state index contributed by atoms with van der Waals surface area (Å²) in [5.74, 6) is 1.75. The Bertz CT molecular complexity index is 36.2. The zero-order valence-electron chi connectivity index (χ0n) is 6.68. The van der Waals surface area contributed by atoms with Gasteiger partial charge in [0.1, 0.15) is 0 Å². The third-order valence-corrected chi connectivity index (χ3v) is 0.943. The third-order valence-electron chi connectivity index (χ3n) is 0.943. The van der Waals surface area contributed by atoms with Crippen LogP contribution in [-0.4, -0.2) is 0 Å². The predicted molar refractivity (Wildman–Crippen MR) is 48.8 cm³/mol. The first-order chi connectivity index (χ1) is 3.13. The molecule has 0 fully saturated rings. The van der Waals surface area contributed by atoms with E-state index < -0.39 is 0 Å². The Labute approximate surface area is 71.2 Å². The van der Waals surface area contributed by atoms with Gasteiger partial charge in [0, 0.05) is 0 Å². The lowest BCUT2D eigenvalue weighted by Crippen LogP contribution is -1.93. The van der Waals surface area contributed by atoms with E-state index in [9.17, 15) is 0 Å². The highest BCUT2D eigenvalue weighted by Gasteiger charge is 1.95. The molecule has 0 spiro atoms. The molecule has 0 aromatic heterocycles. The highest BCUT2D eigenvalue weighted by Crippen LogP contribution is 2.08. The van der Waals surface area contributed by atoms with Crippen LogP contribution >= 0.6 is 24.8 Å². The minimum Gasteiger partial charge on any atom is -0.147 e. The van der Waals surface area contributed by atoms with Crippen molar-refractivity contribution in [2.75, 3.05) is 0 Å². The molecule has 0 aliphatic rings. The fraction of sp³-hybridized carbons (Fsp3) is 1.00. The summed E-state index contributed by atoms with van der Waals surface area (Å²) in [5.41, 5.74) is 0.